The lowest BCUT2D eigenvalue weighted by Crippen LogP contribution is -2.05. The largest absolute Gasteiger partial charge is 0.379 e. The monoisotopic (exact) mass is 334 g/mol. The summed E-state index contributed by atoms with van der Waals surface area (Å²) in [7, 11) is 0. The van der Waals surface area contributed by atoms with Gasteiger partial charge in [0.15, 0.2) is 0 Å². The summed E-state index contributed by atoms with van der Waals surface area (Å²) < 4.78 is 12.2. The molecule has 90 valence electrons. The highest BCUT2D eigenvalue weighted by Crippen LogP contribution is 2.00. The van der Waals surface area contributed by atoms with Crippen molar-refractivity contribution in [3.05, 3.63) is 35.9 Å². The number of hydrogen-bond donors (Lipinski definition) is 0. The highest BCUT2D eigenvalue weighted by molar-refractivity contribution is 14.1. The Hall–Kier alpha value is -0.130. The highest BCUT2D eigenvalue weighted by atomic mass is 127. The lowest BCUT2D eigenvalue weighted by Gasteiger charge is -2.05. The minimum atomic E-state index is 0.679. The van der Waals surface area contributed by atoms with Crippen LogP contribution in [0.4, 0.5) is 0 Å². The summed E-state index contributed by atoms with van der Waals surface area (Å²) in [6, 6.07) is 10.2. The van der Waals surface area contributed by atoms with Crippen LogP contribution >= 0.6 is 22.6 Å². The van der Waals surface area contributed by atoms with E-state index < -0.39 is 0 Å². The summed E-state index contributed by atoms with van der Waals surface area (Å²) in [5, 5.41) is 0. The number of unbranched alkanes of at least 4 members (excludes halogenated alkanes) is 1. The quantitative estimate of drug-likeness (QED) is 0.391. The van der Waals surface area contributed by atoms with Crippen LogP contribution in [0.1, 0.15) is 18.4 Å². The van der Waals surface area contributed by atoms with Crippen LogP contribution in [0.5, 0.6) is 0 Å². The molecule has 1 aromatic rings. The number of benzene rings is 1. The third kappa shape index (κ3) is 7.19. The smallest absolute Gasteiger partial charge is 0.0718 e. The van der Waals surface area contributed by atoms with Gasteiger partial charge in [0, 0.05) is 6.61 Å². The van der Waals surface area contributed by atoms with Gasteiger partial charge in [-0.25, -0.2) is 0 Å². The summed E-state index contributed by atoms with van der Waals surface area (Å²) in [5.74, 6) is 0. The lowest BCUT2D eigenvalue weighted by molar-refractivity contribution is 0.0398. The zero-order valence-electron chi connectivity index (χ0n) is 9.53. The van der Waals surface area contributed by atoms with Gasteiger partial charge in [0.1, 0.15) is 0 Å². The van der Waals surface area contributed by atoms with Gasteiger partial charge in [-0.1, -0.05) is 52.9 Å². The molecule has 0 saturated heterocycles. The first-order valence-electron chi connectivity index (χ1n) is 5.69. The van der Waals surface area contributed by atoms with E-state index in [0.29, 0.717) is 19.8 Å². The van der Waals surface area contributed by atoms with E-state index in [9.17, 15) is 0 Å². The molecular formula is C13H19IO2. The molecule has 0 heterocycles. The standard InChI is InChI=1S/C13H19IO2/c14-8-4-5-9-15-10-11-16-12-13-6-2-1-3-7-13/h1-3,6-7H,4-5,8-12H2. The van der Waals surface area contributed by atoms with Crippen LogP contribution in [0.15, 0.2) is 30.3 Å². The predicted octanol–water partition coefficient (Wildman–Crippen LogP) is 3.44. The molecule has 0 spiro atoms. The number of alkyl halides is 1. The molecule has 3 heteroatoms. The average molecular weight is 334 g/mol. The van der Waals surface area contributed by atoms with Crippen molar-refractivity contribution >= 4 is 22.6 Å². The second kappa shape index (κ2) is 10.1. The first kappa shape index (κ1) is 13.9. The molecule has 0 fully saturated rings. The second-order valence-electron chi connectivity index (χ2n) is 3.55. The van der Waals surface area contributed by atoms with Gasteiger partial charge in [0.2, 0.25) is 0 Å². The van der Waals surface area contributed by atoms with E-state index in [-0.39, 0.29) is 0 Å². The van der Waals surface area contributed by atoms with Gasteiger partial charge >= 0.3 is 0 Å². The van der Waals surface area contributed by atoms with Crippen LogP contribution < -0.4 is 0 Å². The normalized spacial score (nSPS) is 10.6. The predicted molar refractivity (Wildman–Crippen MR) is 75.0 cm³/mol. The van der Waals surface area contributed by atoms with E-state index in [4.69, 9.17) is 9.47 Å². The third-order valence-corrected chi connectivity index (χ3v) is 2.92. The van der Waals surface area contributed by atoms with E-state index in [1.54, 1.807) is 0 Å². The number of halogens is 1. The van der Waals surface area contributed by atoms with Crippen molar-refractivity contribution in [3.8, 4) is 0 Å². The van der Waals surface area contributed by atoms with E-state index in [1.165, 1.54) is 16.4 Å². The fourth-order valence-electron chi connectivity index (χ4n) is 1.28. The zero-order chi connectivity index (χ0) is 11.5. The topological polar surface area (TPSA) is 18.5 Å². The van der Waals surface area contributed by atoms with Crippen molar-refractivity contribution in [2.24, 2.45) is 0 Å². The zero-order valence-corrected chi connectivity index (χ0v) is 11.7. The van der Waals surface area contributed by atoms with Crippen LogP contribution in [0, 0.1) is 0 Å². The van der Waals surface area contributed by atoms with Crippen LogP contribution in [-0.2, 0) is 16.1 Å². The minimum Gasteiger partial charge on any atom is -0.379 e. The Morgan fingerprint density at radius 1 is 0.875 bits per heavy atom. The molecule has 1 rings (SSSR count). The Morgan fingerprint density at radius 3 is 2.38 bits per heavy atom. The molecule has 0 bridgehead atoms. The minimum absolute atomic E-state index is 0.679. The van der Waals surface area contributed by atoms with Gasteiger partial charge in [-0.15, -0.1) is 0 Å². The van der Waals surface area contributed by atoms with Gasteiger partial charge in [-0.05, 0) is 22.8 Å². The van der Waals surface area contributed by atoms with Crippen LogP contribution in [0.2, 0.25) is 0 Å². The lowest BCUT2D eigenvalue weighted by atomic mass is 10.2. The molecule has 0 N–H and O–H groups in total. The van der Waals surface area contributed by atoms with Gasteiger partial charge in [-0.2, -0.15) is 0 Å². The van der Waals surface area contributed by atoms with Gasteiger partial charge in [-0.3, -0.25) is 0 Å². The molecule has 0 aliphatic heterocycles. The molecule has 16 heavy (non-hydrogen) atoms. The first-order valence-corrected chi connectivity index (χ1v) is 7.21. The van der Waals surface area contributed by atoms with Gasteiger partial charge in [0.25, 0.3) is 0 Å². The maximum Gasteiger partial charge on any atom is 0.0718 e. The Balaban J connectivity index is 1.89. The molecule has 1 aromatic carbocycles. The maximum absolute atomic E-state index is 5.50. The number of rotatable bonds is 9. The van der Waals surface area contributed by atoms with Crippen molar-refractivity contribution in [2.45, 2.75) is 19.4 Å². The number of ether oxygens (including phenoxy) is 2. The molecule has 0 aliphatic rings. The maximum atomic E-state index is 5.50. The van der Waals surface area contributed by atoms with Crippen molar-refractivity contribution in [2.75, 3.05) is 24.2 Å². The average Bonchev–Trinajstić information content (AvgIpc) is 2.34. The molecule has 0 aliphatic carbocycles. The number of hydrogen-bond acceptors (Lipinski definition) is 2. The molecule has 2 nitrogen and oxygen atoms in total. The molecule has 0 saturated carbocycles. The van der Waals surface area contributed by atoms with E-state index in [1.807, 2.05) is 18.2 Å². The van der Waals surface area contributed by atoms with Crippen molar-refractivity contribution in [1.29, 1.82) is 0 Å². The SMILES string of the molecule is ICCCCOCCOCc1ccccc1. The van der Waals surface area contributed by atoms with Crippen LogP contribution in [-0.4, -0.2) is 24.2 Å². The summed E-state index contributed by atoms with van der Waals surface area (Å²) in [6.45, 7) is 2.92. The molecule has 0 unspecified atom stereocenters. The Labute approximate surface area is 111 Å². The van der Waals surface area contributed by atoms with Crippen molar-refractivity contribution in [1.82, 2.24) is 0 Å². The third-order valence-electron chi connectivity index (χ3n) is 2.16. The van der Waals surface area contributed by atoms with Crippen molar-refractivity contribution < 1.29 is 9.47 Å². The van der Waals surface area contributed by atoms with Crippen LogP contribution in [0.25, 0.3) is 0 Å². The van der Waals surface area contributed by atoms with Gasteiger partial charge < -0.3 is 9.47 Å². The van der Waals surface area contributed by atoms with Crippen LogP contribution in [0.3, 0.4) is 0 Å². The Bertz CT molecular complexity index is 251. The Kier molecular flexibility index (Phi) is 8.75. The van der Waals surface area contributed by atoms with Crippen molar-refractivity contribution in [3.63, 3.8) is 0 Å². The summed E-state index contributed by atoms with van der Waals surface area (Å²) in [6.07, 6.45) is 2.40. The molecular weight excluding hydrogens is 315 g/mol. The van der Waals surface area contributed by atoms with E-state index in [0.717, 1.165) is 13.0 Å². The Morgan fingerprint density at radius 2 is 1.62 bits per heavy atom. The fraction of sp³-hybridized carbons (Fsp3) is 0.538. The van der Waals surface area contributed by atoms with E-state index >= 15 is 0 Å². The molecule has 0 atom stereocenters. The fourth-order valence-corrected chi connectivity index (χ4v) is 1.82. The summed E-state index contributed by atoms with van der Waals surface area (Å²) >= 11 is 2.39. The molecule has 0 radical (unpaired) electrons. The van der Waals surface area contributed by atoms with Gasteiger partial charge in [0.05, 0.1) is 19.8 Å². The van der Waals surface area contributed by atoms with E-state index in [2.05, 4.69) is 34.7 Å². The molecule has 0 aromatic heterocycles. The molecule has 0 amide bonds. The highest BCUT2D eigenvalue weighted by Gasteiger charge is 1.92. The first-order chi connectivity index (χ1) is 7.93. The summed E-state index contributed by atoms with van der Waals surface area (Å²) in [4.78, 5) is 0. The summed E-state index contributed by atoms with van der Waals surface area (Å²) in [5.41, 5.74) is 1.22. The second-order valence-corrected chi connectivity index (χ2v) is 4.63.